The molecule has 0 bridgehead atoms. The van der Waals surface area contributed by atoms with Crippen molar-refractivity contribution in [2.75, 3.05) is 16.8 Å². The van der Waals surface area contributed by atoms with Crippen LogP contribution >= 0.6 is 46.6 Å². The van der Waals surface area contributed by atoms with E-state index in [0.29, 0.717) is 10.1 Å². The Morgan fingerprint density at radius 2 is 1.96 bits per heavy atom. The Kier molecular flexibility index (Phi) is 6.67. The summed E-state index contributed by atoms with van der Waals surface area (Å²) >= 11 is 7.34. The van der Waals surface area contributed by atoms with E-state index >= 15 is 0 Å². The van der Waals surface area contributed by atoms with Gasteiger partial charge < -0.3 is 5.32 Å². The zero-order valence-electron chi connectivity index (χ0n) is 15.4. The van der Waals surface area contributed by atoms with Gasteiger partial charge in [0.2, 0.25) is 0 Å². The molecule has 3 aromatic rings. The van der Waals surface area contributed by atoms with Crippen molar-refractivity contribution in [2.24, 2.45) is 0 Å². The van der Waals surface area contributed by atoms with Crippen molar-refractivity contribution < 1.29 is 4.79 Å². The molecule has 0 atom stereocenters. The average Bonchev–Trinajstić information content (AvgIpc) is 3.39. The number of carbonyl (C=O) groups excluding carboxylic acids is 1. The Morgan fingerprint density at radius 1 is 1.18 bits per heavy atom. The van der Waals surface area contributed by atoms with Crippen LogP contribution in [-0.4, -0.2) is 22.4 Å². The minimum absolute atomic E-state index is 0.0707. The van der Waals surface area contributed by atoms with Crippen molar-refractivity contribution in [3.63, 3.8) is 0 Å². The summed E-state index contributed by atoms with van der Waals surface area (Å²) in [6.07, 6.45) is 0. The topological polar surface area (TPSA) is 42.0 Å². The maximum Gasteiger partial charge on any atom is 0.255 e. The van der Waals surface area contributed by atoms with E-state index in [1.165, 1.54) is 22.6 Å². The highest BCUT2D eigenvalue weighted by molar-refractivity contribution is 8.19. The SMILES string of the molecule is Cc1csc(SCc2ccc(C(=O)Nc3cccc(C4SCCS4)c3)cc2)n1. The van der Waals surface area contributed by atoms with Crippen molar-refractivity contribution in [3.05, 3.63) is 76.3 Å². The van der Waals surface area contributed by atoms with Gasteiger partial charge in [0.15, 0.2) is 0 Å². The molecule has 144 valence electrons. The molecule has 1 N–H and O–H groups in total. The Labute approximate surface area is 182 Å². The number of nitrogens with one attached hydrogen (secondary N) is 1. The molecule has 0 unspecified atom stereocenters. The Bertz CT molecular complexity index is 949. The molecule has 1 aromatic heterocycles. The predicted molar refractivity (Wildman–Crippen MR) is 125 cm³/mol. The van der Waals surface area contributed by atoms with Crippen LogP contribution in [0.3, 0.4) is 0 Å². The van der Waals surface area contributed by atoms with Crippen molar-refractivity contribution >= 4 is 58.2 Å². The minimum Gasteiger partial charge on any atom is -0.322 e. The number of carbonyl (C=O) groups is 1. The summed E-state index contributed by atoms with van der Waals surface area (Å²) in [5.41, 5.74) is 5.05. The molecule has 2 heterocycles. The molecule has 1 amide bonds. The number of benzene rings is 2. The molecule has 0 radical (unpaired) electrons. The summed E-state index contributed by atoms with van der Waals surface area (Å²) in [6, 6.07) is 16.0. The maximum atomic E-state index is 12.6. The first-order valence-electron chi connectivity index (χ1n) is 8.96. The second-order valence-corrected chi connectivity index (χ2v) is 11.2. The number of thioether (sulfide) groups is 3. The first-order valence-corrected chi connectivity index (χ1v) is 12.9. The summed E-state index contributed by atoms with van der Waals surface area (Å²) < 4.78 is 1.56. The number of rotatable bonds is 6. The van der Waals surface area contributed by atoms with Crippen molar-refractivity contribution in [1.82, 2.24) is 4.98 Å². The number of nitrogens with zero attached hydrogens (tertiary/aromatic N) is 1. The van der Waals surface area contributed by atoms with Gasteiger partial charge in [-0.05, 0) is 42.3 Å². The van der Waals surface area contributed by atoms with Gasteiger partial charge in [0.25, 0.3) is 5.91 Å². The summed E-state index contributed by atoms with van der Waals surface area (Å²) in [7, 11) is 0. The van der Waals surface area contributed by atoms with Crippen LogP contribution in [0, 0.1) is 6.92 Å². The molecule has 3 nitrogen and oxygen atoms in total. The van der Waals surface area contributed by atoms with Crippen LogP contribution in [0.15, 0.2) is 58.3 Å². The van der Waals surface area contributed by atoms with Gasteiger partial charge in [-0.25, -0.2) is 4.98 Å². The first kappa shape index (κ1) is 19.9. The van der Waals surface area contributed by atoms with Crippen molar-refractivity contribution in [2.45, 2.75) is 21.6 Å². The average molecular weight is 445 g/mol. The van der Waals surface area contributed by atoms with E-state index in [0.717, 1.165) is 21.5 Å². The highest BCUT2D eigenvalue weighted by Crippen LogP contribution is 2.45. The highest BCUT2D eigenvalue weighted by Gasteiger charge is 2.18. The first-order chi connectivity index (χ1) is 13.7. The number of hydrogen-bond acceptors (Lipinski definition) is 6. The van der Waals surface area contributed by atoms with Gasteiger partial charge >= 0.3 is 0 Å². The number of amides is 1. The molecule has 1 aliphatic heterocycles. The second-order valence-electron chi connectivity index (χ2n) is 6.39. The van der Waals surface area contributed by atoms with E-state index in [2.05, 4.69) is 27.8 Å². The van der Waals surface area contributed by atoms with Crippen LogP contribution in [0.2, 0.25) is 0 Å². The molecule has 7 heteroatoms. The zero-order chi connectivity index (χ0) is 19.3. The lowest BCUT2D eigenvalue weighted by molar-refractivity contribution is 0.102. The lowest BCUT2D eigenvalue weighted by atomic mass is 10.1. The number of thiazole rings is 1. The maximum absolute atomic E-state index is 12.6. The van der Waals surface area contributed by atoms with Crippen molar-refractivity contribution in [1.29, 1.82) is 0 Å². The zero-order valence-corrected chi connectivity index (χ0v) is 18.6. The summed E-state index contributed by atoms with van der Waals surface area (Å²) in [4.78, 5) is 17.1. The Morgan fingerprint density at radius 3 is 2.68 bits per heavy atom. The molecule has 4 rings (SSSR count). The van der Waals surface area contributed by atoms with Crippen LogP contribution in [0.25, 0.3) is 0 Å². The van der Waals surface area contributed by atoms with E-state index in [1.54, 1.807) is 23.1 Å². The molecular weight excluding hydrogens is 425 g/mol. The van der Waals surface area contributed by atoms with Crippen LogP contribution in [0.4, 0.5) is 5.69 Å². The van der Waals surface area contributed by atoms with Crippen molar-refractivity contribution in [3.8, 4) is 0 Å². The molecule has 28 heavy (non-hydrogen) atoms. The second kappa shape index (κ2) is 9.39. The normalized spacial score (nSPS) is 14.3. The fourth-order valence-corrected chi connectivity index (χ4v) is 7.46. The van der Waals surface area contributed by atoms with Gasteiger partial charge in [-0.15, -0.1) is 34.9 Å². The molecule has 1 aliphatic rings. The lowest BCUT2D eigenvalue weighted by Gasteiger charge is -2.11. The minimum atomic E-state index is -0.0707. The lowest BCUT2D eigenvalue weighted by Crippen LogP contribution is -2.12. The number of anilines is 1. The molecule has 1 saturated heterocycles. The summed E-state index contributed by atoms with van der Waals surface area (Å²) in [5.74, 6) is 3.17. The smallest absolute Gasteiger partial charge is 0.255 e. The van der Waals surface area contributed by atoms with E-state index < -0.39 is 0 Å². The predicted octanol–water partition coefficient (Wildman–Crippen LogP) is 6.47. The molecule has 1 fully saturated rings. The van der Waals surface area contributed by atoms with Crippen LogP contribution < -0.4 is 5.32 Å². The van der Waals surface area contributed by atoms with E-state index in [-0.39, 0.29) is 5.91 Å². The van der Waals surface area contributed by atoms with Crippen LogP contribution in [0.1, 0.15) is 31.8 Å². The number of aromatic nitrogens is 1. The van der Waals surface area contributed by atoms with Crippen LogP contribution in [0.5, 0.6) is 0 Å². The molecular formula is C21H20N2OS4. The quantitative estimate of drug-likeness (QED) is 0.441. The number of hydrogen-bond donors (Lipinski definition) is 1. The van der Waals surface area contributed by atoms with E-state index in [9.17, 15) is 4.79 Å². The van der Waals surface area contributed by atoms with E-state index in [1.807, 2.05) is 66.8 Å². The fourth-order valence-electron chi connectivity index (χ4n) is 2.81. The Balaban J connectivity index is 1.36. The van der Waals surface area contributed by atoms with Gasteiger partial charge in [-0.2, -0.15) is 0 Å². The third-order valence-electron chi connectivity index (χ3n) is 4.21. The van der Waals surface area contributed by atoms with Gasteiger partial charge in [0, 0.05) is 39.6 Å². The van der Waals surface area contributed by atoms with Gasteiger partial charge in [0.05, 0.1) is 4.58 Å². The molecule has 0 aliphatic carbocycles. The van der Waals surface area contributed by atoms with E-state index in [4.69, 9.17) is 0 Å². The van der Waals surface area contributed by atoms with Gasteiger partial charge in [-0.1, -0.05) is 36.0 Å². The third kappa shape index (κ3) is 5.14. The molecule has 0 saturated carbocycles. The van der Waals surface area contributed by atoms with Gasteiger partial charge in [-0.3, -0.25) is 4.79 Å². The monoisotopic (exact) mass is 444 g/mol. The summed E-state index contributed by atoms with van der Waals surface area (Å²) in [5, 5.41) is 5.10. The van der Waals surface area contributed by atoms with Gasteiger partial charge in [0.1, 0.15) is 4.34 Å². The fraction of sp³-hybridized carbons (Fsp3) is 0.238. The highest BCUT2D eigenvalue weighted by atomic mass is 32.2. The Hall–Kier alpha value is -1.41. The van der Waals surface area contributed by atoms with Crippen LogP contribution in [-0.2, 0) is 5.75 Å². The molecule has 0 spiro atoms. The largest absolute Gasteiger partial charge is 0.322 e. The number of aryl methyl sites for hydroxylation is 1. The standard InChI is InChI=1S/C21H20N2OS4/c1-14-12-27-21(22-14)28-13-15-5-7-16(8-6-15)19(24)23-18-4-2-3-17(11-18)20-25-9-10-26-20/h2-8,11-12,20H,9-10,13H2,1H3,(H,23,24). The summed E-state index contributed by atoms with van der Waals surface area (Å²) in [6.45, 7) is 2.01. The molecule has 2 aromatic carbocycles. The third-order valence-corrected chi connectivity index (χ3v) is 9.53.